The highest BCUT2D eigenvalue weighted by Gasteiger charge is 2.25. The Morgan fingerprint density at radius 1 is 1.38 bits per heavy atom. The van der Waals surface area contributed by atoms with Crippen LogP contribution >= 0.6 is 0 Å². The van der Waals surface area contributed by atoms with Crippen LogP contribution in [0.1, 0.15) is 41.0 Å². The van der Waals surface area contributed by atoms with E-state index in [0.717, 1.165) is 13.0 Å². The van der Waals surface area contributed by atoms with Crippen molar-refractivity contribution in [3.05, 3.63) is 12.2 Å². The summed E-state index contributed by atoms with van der Waals surface area (Å²) in [7, 11) is 0. The molecule has 2 heteroatoms. The molecule has 0 aliphatic rings. The molecule has 1 amide bonds. The Morgan fingerprint density at radius 2 is 1.85 bits per heavy atom. The van der Waals surface area contributed by atoms with Crippen LogP contribution in [0.25, 0.3) is 0 Å². The van der Waals surface area contributed by atoms with Crippen molar-refractivity contribution in [2.45, 2.75) is 46.6 Å². The molecule has 0 aromatic heterocycles. The molecule has 0 fully saturated rings. The maximum Gasteiger partial charge on any atom is 0.249 e. The van der Waals surface area contributed by atoms with E-state index in [1.165, 1.54) is 0 Å². The van der Waals surface area contributed by atoms with E-state index in [0.29, 0.717) is 5.57 Å². The van der Waals surface area contributed by atoms with Crippen molar-refractivity contribution < 1.29 is 4.79 Å². The first-order valence-corrected chi connectivity index (χ1v) is 4.78. The van der Waals surface area contributed by atoms with Gasteiger partial charge in [0.1, 0.15) is 0 Å². The van der Waals surface area contributed by atoms with E-state index in [-0.39, 0.29) is 11.4 Å². The van der Waals surface area contributed by atoms with Gasteiger partial charge in [0.25, 0.3) is 0 Å². The summed E-state index contributed by atoms with van der Waals surface area (Å²) in [6.45, 7) is 14.5. The van der Waals surface area contributed by atoms with E-state index < -0.39 is 0 Å². The van der Waals surface area contributed by atoms with Gasteiger partial charge in [-0.25, -0.2) is 0 Å². The molecule has 0 aliphatic carbocycles. The minimum Gasteiger partial charge on any atom is -0.334 e. The molecule has 0 aliphatic heterocycles. The molecule has 0 saturated heterocycles. The highest BCUT2D eigenvalue weighted by Crippen LogP contribution is 2.16. The molecule has 0 saturated carbocycles. The fourth-order valence-electron chi connectivity index (χ4n) is 1.20. The highest BCUT2D eigenvalue weighted by atomic mass is 16.2. The summed E-state index contributed by atoms with van der Waals surface area (Å²) >= 11 is 0. The molecule has 0 bridgehead atoms. The first-order valence-electron chi connectivity index (χ1n) is 4.78. The summed E-state index contributed by atoms with van der Waals surface area (Å²) in [4.78, 5) is 13.6. The number of hydrogen-bond donors (Lipinski definition) is 0. The third kappa shape index (κ3) is 3.62. The number of carbonyl (C=O) groups excluding carboxylic acids is 1. The molecule has 0 N–H and O–H groups in total. The zero-order valence-corrected chi connectivity index (χ0v) is 9.48. The molecule has 0 unspecified atom stereocenters. The fourth-order valence-corrected chi connectivity index (χ4v) is 1.20. The van der Waals surface area contributed by atoms with E-state index in [1.807, 2.05) is 25.7 Å². The average molecular weight is 183 g/mol. The number of rotatable bonds is 3. The van der Waals surface area contributed by atoms with Crippen molar-refractivity contribution in [1.29, 1.82) is 0 Å². The second-order valence-electron chi connectivity index (χ2n) is 4.41. The van der Waals surface area contributed by atoms with Gasteiger partial charge in [0, 0.05) is 17.7 Å². The third-order valence-corrected chi connectivity index (χ3v) is 1.87. The molecule has 13 heavy (non-hydrogen) atoms. The average Bonchev–Trinajstić information content (AvgIpc) is 1.96. The molecular weight excluding hydrogens is 162 g/mol. The van der Waals surface area contributed by atoms with Crippen LogP contribution in [-0.2, 0) is 4.79 Å². The zero-order valence-electron chi connectivity index (χ0n) is 9.48. The smallest absolute Gasteiger partial charge is 0.249 e. The normalized spacial score (nSPS) is 11.2. The topological polar surface area (TPSA) is 20.3 Å². The van der Waals surface area contributed by atoms with Crippen LogP contribution in [0.2, 0.25) is 0 Å². The molecular formula is C11H21NO. The Balaban J connectivity index is 4.61. The standard InChI is InChI=1S/C11H21NO/c1-7-8-12(11(4,5)6)10(13)9(2)3/h2,7-8H2,1,3-6H3. The van der Waals surface area contributed by atoms with Gasteiger partial charge in [-0.2, -0.15) is 0 Å². The summed E-state index contributed by atoms with van der Waals surface area (Å²) in [5, 5.41) is 0. The Kier molecular flexibility index (Phi) is 4.18. The summed E-state index contributed by atoms with van der Waals surface area (Å²) in [5.74, 6) is 0.0642. The van der Waals surface area contributed by atoms with E-state index in [9.17, 15) is 4.79 Å². The molecule has 0 aromatic rings. The van der Waals surface area contributed by atoms with Gasteiger partial charge in [-0.3, -0.25) is 4.79 Å². The Bertz CT molecular complexity index is 201. The molecule has 0 radical (unpaired) electrons. The van der Waals surface area contributed by atoms with Gasteiger partial charge in [0.2, 0.25) is 5.91 Å². The van der Waals surface area contributed by atoms with Crippen molar-refractivity contribution >= 4 is 5.91 Å². The predicted molar refractivity (Wildman–Crippen MR) is 56.6 cm³/mol. The monoisotopic (exact) mass is 183 g/mol. The van der Waals surface area contributed by atoms with E-state index in [2.05, 4.69) is 13.5 Å². The van der Waals surface area contributed by atoms with Crippen molar-refractivity contribution in [3.63, 3.8) is 0 Å². The first kappa shape index (κ1) is 12.2. The van der Waals surface area contributed by atoms with Crippen molar-refractivity contribution in [2.24, 2.45) is 0 Å². The lowest BCUT2D eigenvalue weighted by Gasteiger charge is -2.35. The fraction of sp³-hybridized carbons (Fsp3) is 0.727. The quantitative estimate of drug-likeness (QED) is 0.616. The molecule has 0 heterocycles. The number of nitrogens with zero attached hydrogens (tertiary/aromatic N) is 1. The predicted octanol–water partition coefficient (Wildman–Crippen LogP) is 2.60. The van der Waals surface area contributed by atoms with Gasteiger partial charge in [-0.1, -0.05) is 13.5 Å². The van der Waals surface area contributed by atoms with Crippen molar-refractivity contribution in [3.8, 4) is 0 Å². The van der Waals surface area contributed by atoms with Gasteiger partial charge in [0.05, 0.1) is 0 Å². The van der Waals surface area contributed by atoms with Gasteiger partial charge < -0.3 is 4.90 Å². The molecule has 0 atom stereocenters. The third-order valence-electron chi connectivity index (χ3n) is 1.87. The van der Waals surface area contributed by atoms with Gasteiger partial charge >= 0.3 is 0 Å². The first-order chi connectivity index (χ1) is 5.80. The lowest BCUT2D eigenvalue weighted by molar-refractivity contribution is -0.131. The molecule has 2 nitrogen and oxygen atoms in total. The Morgan fingerprint density at radius 3 is 2.08 bits per heavy atom. The minimum atomic E-state index is -0.105. The number of carbonyl (C=O) groups is 1. The van der Waals surface area contributed by atoms with Crippen LogP contribution in [-0.4, -0.2) is 22.9 Å². The lowest BCUT2D eigenvalue weighted by Crippen LogP contribution is -2.46. The van der Waals surface area contributed by atoms with Gasteiger partial charge in [-0.05, 0) is 34.1 Å². The second kappa shape index (κ2) is 4.45. The molecule has 0 spiro atoms. The Hall–Kier alpha value is -0.790. The minimum absolute atomic E-state index is 0.0642. The maximum atomic E-state index is 11.7. The van der Waals surface area contributed by atoms with Crippen LogP contribution in [0.5, 0.6) is 0 Å². The maximum absolute atomic E-state index is 11.7. The number of amides is 1. The van der Waals surface area contributed by atoms with Crippen LogP contribution < -0.4 is 0 Å². The van der Waals surface area contributed by atoms with E-state index in [1.54, 1.807) is 6.92 Å². The second-order valence-corrected chi connectivity index (χ2v) is 4.41. The molecule has 0 aromatic carbocycles. The Labute approximate surface area is 81.6 Å². The number of hydrogen-bond acceptors (Lipinski definition) is 1. The largest absolute Gasteiger partial charge is 0.334 e. The summed E-state index contributed by atoms with van der Waals surface area (Å²) in [6.07, 6.45) is 0.982. The van der Waals surface area contributed by atoms with Crippen LogP contribution in [0.15, 0.2) is 12.2 Å². The van der Waals surface area contributed by atoms with Crippen LogP contribution in [0, 0.1) is 0 Å². The summed E-state index contributed by atoms with van der Waals surface area (Å²) < 4.78 is 0. The molecule has 0 rings (SSSR count). The molecule has 76 valence electrons. The summed E-state index contributed by atoms with van der Waals surface area (Å²) in [6, 6.07) is 0. The van der Waals surface area contributed by atoms with E-state index >= 15 is 0 Å². The van der Waals surface area contributed by atoms with E-state index in [4.69, 9.17) is 0 Å². The van der Waals surface area contributed by atoms with Crippen LogP contribution in [0.4, 0.5) is 0 Å². The zero-order chi connectivity index (χ0) is 10.6. The van der Waals surface area contributed by atoms with Gasteiger partial charge in [-0.15, -0.1) is 0 Å². The van der Waals surface area contributed by atoms with Crippen molar-refractivity contribution in [2.75, 3.05) is 6.54 Å². The van der Waals surface area contributed by atoms with Gasteiger partial charge in [0.15, 0.2) is 0 Å². The highest BCUT2D eigenvalue weighted by molar-refractivity contribution is 5.92. The van der Waals surface area contributed by atoms with Crippen LogP contribution in [0.3, 0.4) is 0 Å². The van der Waals surface area contributed by atoms with Crippen molar-refractivity contribution in [1.82, 2.24) is 4.90 Å². The lowest BCUT2D eigenvalue weighted by atomic mass is 10.0. The summed E-state index contributed by atoms with van der Waals surface area (Å²) in [5.41, 5.74) is 0.509. The SMILES string of the molecule is C=C(C)C(=O)N(CCC)C(C)(C)C.